The molecule has 8 nitrogen and oxygen atoms in total. The van der Waals surface area contributed by atoms with Crippen molar-refractivity contribution >= 4 is 11.7 Å². The number of carbonyl (C=O) groups excluding carboxylic acids is 1. The van der Waals surface area contributed by atoms with E-state index >= 15 is 0 Å². The van der Waals surface area contributed by atoms with Gasteiger partial charge in [-0.1, -0.05) is 19.0 Å². The highest BCUT2D eigenvalue weighted by molar-refractivity contribution is 5.89. The molecule has 8 heteroatoms. The van der Waals surface area contributed by atoms with E-state index in [0.717, 1.165) is 18.7 Å². The van der Waals surface area contributed by atoms with Crippen LogP contribution in [0.15, 0.2) is 16.9 Å². The third-order valence-electron chi connectivity index (χ3n) is 3.93. The monoisotopic (exact) mass is 330 g/mol. The number of aromatic nitrogens is 4. The standard InChI is InChI=1S/C16H22N6O2/c1-10(2)6-14-17-7-13(8-18-14)20-16(23)22-5-4-12(9-22)15-19-11(3)24-21-15/h7-8,10,12H,4-6,9H2,1-3H3,(H,20,23). The fourth-order valence-electron chi connectivity index (χ4n) is 2.73. The van der Waals surface area contributed by atoms with Crippen LogP contribution < -0.4 is 5.32 Å². The summed E-state index contributed by atoms with van der Waals surface area (Å²) < 4.78 is 5.01. The van der Waals surface area contributed by atoms with Crippen molar-refractivity contribution in [2.45, 2.75) is 39.5 Å². The molecule has 1 fully saturated rings. The minimum atomic E-state index is -0.155. The van der Waals surface area contributed by atoms with Crippen LogP contribution in [0.2, 0.25) is 0 Å². The number of hydrogen-bond acceptors (Lipinski definition) is 6. The van der Waals surface area contributed by atoms with Crippen molar-refractivity contribution in [2.24, 2.45) is 5.92 Å². The number of nitrogens with one attached hydrogen (secondary N) is 1. The summed E-state index contributed by atoms with van der Waals surface area (Å²) in [6.07, 6.45) is 4.96. The summed E-state index contributed by atoms with van der Waals surface area (Å²) in [6, 6.07) is -0.155. The van der Waals surface area contributed by atoms with Crippen LogP contribution in [-0.2, 0) is 6.42 Å². The Bertz CT molecular complexity index is 697. The van der Waals surface area contributed by atoms with Crippen molar-refractivity contribution in [3.8, 4) is 0 Å². The van der Waals surface area contributed by atoms with E-state index in [1.165, 1.54) is 0 Å². The predicted octanol–water partition coefficient (Wildman–Crippen LogP) is 2.39. The molecule has 2 aromatic heterocycles. The molecule has 2 aromatic rings. The number of carbonyl (C=O) groups is 1. The molecule has 0 bridgehead atoms. The summed E-state index contributed by atoms with van der Waals surface area (Å²) in [5.74, 6) is 2.63. The van der Waals surface area contributed by atoms with E-state index in [1.54, 1.807) is 24.2 Å². The molecule has 2 amide bonds. The Morgan fingerprint density at radius 2 is 2.17 bits per heavy atom. The fraction of sp³-hybridized carbons (Fsp3) is 0.562. The molecule has 0 spiro atoms. The summed E-state index contributed by atoms with van der Waals surface area (Å²) in [5, 5.41) is 6.78. The number of likely N-dealkylation sites (tertiary alicyclic amines) is 1. The lowest BCUT2D eigenvalue weighted by Crippen LogP contribution is -2.33. The van der Waals surface area contributed by atoms with E-state index in [1.807, 2.05) is 0 Å². The summed E-state index contributed by atoms with van der Waals surface area (Å²) in [7, 11) is 0. The maximum absolute atomic E-state index is 12.4. The summed E-state index contributed by atoms with van der Waals surface area (Å²) in [5.41, 5.74) is 0.603. The number of amides is 2. The highest BCUT2D eigenvalue weighted by Crippen LogP contribution is 2.25. The van der Waals surface area contributed by atoms with Crippen LogP contribution >= 0.6 is 0 Å². The van der Waals surface area contributed by atoms with Gasteiger partial charge in [0.05, 0.1) is 18.1 Å². The van der Waals surface area contributed by atoms with Crippen molar-refractivity contribution < 1.29 is 9.32 Å². The Morgan fingerprint density at radius 1 is 1.42 bits per heavy atom. The maximum atomic E-state index is 12.4. The first kappa shape index (κ1) is 16.4. The topological polar surface area (TPSA) is 97.0 Å². The van der Waals surface area contributed by atoms with Gasteiger partial charge in [-0.3, -0.25) is 0 Å². The van der Waals surface area contributed by atoms with Crippen LogP contribution in [0.3, 0.4) is 0 Å². The molecule has 1 N–H and O–H groups in total. The molecular weight excluding hydrogens is 308 g/mol. The van der Waals surface area contributed by atoms with Gasteiger partial charge in [0.2, 0.25) is 5.89 Å². The second kappa shape index (κ2) is 6.94. The zero-order valence-electron chi connectivity index (χ0n) is 14.2. The van der Waals surface area contributed by atoms with E-state index in [9.17, 15) is 4.79 Å². The molecule has 24 heavy (non-hydrogen) atoms. The molecule has 128 valence electrons. The second-order valence-corrected chi connectivity index (χ2v) is 6.52. The number of nitrogens with zero attached hydrogens (tertiary/aromatic N) is 5. The van der Waals surface area contributed by atoms with Gasteiger partial charge in [-0.15, -0.1) is 0 Å². The zero-order valence-corrected chi connectivity index (χ0v) is 14.2. The molecule has 0 aliphatic carbocycles. The predicted molar refractivity (Wildman–Crippen MR) is 87.6 cm³/mol. The van der Waals surface area contributed by atoms with Crippen LogP contribution in [0.5, 0.6) is 0 Å². The average Bonchev–Trinajstić information content (AvgIpc) is 3.17. The Hall–Kier alpha value is -2.51. The number of anilines is 1. The van der Waals surface area contributed by atoms with Crippen LogP contribution in [0.4, 0.5) is 10.5 Å². The van der Waals surface area contributed by atoms with E-state index in [4.69, 9.17) is 4.52 Å². The Balaban J connectivity index is 1.55. The highest BCUT2D eigenvalue weighted by atomic mass is 16.5. The lowest BCUT2D eigenvalue weighted by atomic mass is 10.1. The SMILES string of the molecule is Cc1nc(C2CCN(C(=O)Nc3cnc(CC(C)C)nc3)C2)no1. The first-order valence-corrected chi connectivity index (χ1v) is 8.18. The molecule has 1 saturated heterocycles. The van der Waals surface area contributed by atoms with Gasteiger partial charge in [-0.05, 0) is 12.3 Å². The molecule has 0 saturated carbocycles. The third-order valence-corrected chi connectivity index (χ3v) is 3.93. The van der Waals surface area contributed by atoms with Gasteiger partial charge in [0, 0.05) is 32.4 Å². The summed E-state index contributed by atoms with van der Waals surface area (Å²) in [6.45, 7) is 7.24. The minimum Gasteiger partial charge on any atom is -0.340 e. The number of aryl methyl sites for hydroxylation is 1. The quantitative estimate of drug-likeness (QED) is 0.924. The molecule has 1 atom stereocenters. The molecule has 0 aromatic carbocycles. The lowest BCUT2D eigenvalue weighted by molar-refractivity contribution is 0.222. The van der Waals surface area contributed by atoms with Gasteiger partial charge in [0.1, 0.15) is 5.82 Å². The Labute approximate surface area is 140 Å². The molecule has 1 aliphatic rings. The van der Waals surface area contributed by atoms with Crippen molar-refractivity contribution in [1.82, 2.24) is 25.0 Å². The van der Waals surface area contributed by atoms with Crippen LogP contribution in [0.25, 0.3) is 0 Å². The van der Waals surface area contributed by atoms with Crippen LogP contribution in [0, 0.1) is 12.8 Å². The normalized spacial score (nSPS) is 17.5. The van der Waals surface area contributed by atoms with Crippen LogP contribution in [-0.4, -0.2) is 44.1 Å². The van der Waals surface area contributed by atoms with Crippen molar-refractivity contribution in [1.29, 1.82) is 0 Å². The largest absolute Gasteiger partial charge is 0.340 e. The fourth-order valence-corrected chi connectivity index (χ4v) is 2.73. The average molecular weight is 330 g/mol. The smallest absolute Gasteiger partial charge is 0.321 e. The van der Waals surface area contributed by atoms with E-state index in [0.29, 0.717) is 36.4 Å². The summed E-state index contributed by atoms with van der Waals surface area (Å²) >= 11 is 0. The molecule has 1 aliphatic heterocycles. The minimum absolute atomic E-state index is 0.123. The summed E-state index contributed by atoms with van der Waals surface area (Å²) in [4.78, 5) is 26.9. The van der Waals surface area contributed by atoms with Gasteiger partial charge in [0.15, 0.2) is 5.82 Å². The number of rotatable bonds is 4. The van der Waals surface area contributed by atoms with Gasteiger partial charge >= 0.3 is 6.03 Å². The second-order valence-electron chi connectivity index (χ2n) is 6.52. The molecule has 0 radical (unpaired) electrons. The first-order valence-electron chi connectivity index (χ1n) is 8.18. The van der Waals surface area contributed by atoms with Crippen LogP contribution in [0.1, 0.15) is 43.7 Å². The zero-order chi connectivity index (χ0) is 17.1. The van der Waals surface area contributed by atoms with Crippen molar-refractivity contribution in [3.05, 3.63) is 29.9 Å². The lowest BCUT2D eigenvalue weighted by Gasteiger charge is -2.16. The first-order chi connectivity index (χ1) is 11.5. The van der Waals surface area contributed by atoms with Gasteiger partial charge in [-0.25, -0.2) is 14.8 Å². The van der Waals surface area contributed by atoms with E-state index < -0.39 is 0 Å². The molecule has 3 heterocycles. The third kappa shape index (κ3) is 3.87. The van der Waals surface area contributed by atoms with E-state index in [2.05, 4.69) is 39.3 Å². The number of urea groups is 1. The van der Waals surface area contributed by atoms with Gasteiger partial charge in [0.25, 0.3) is 0 Å². The Morgan fingerprint density at radius 3 is 2.79 bits per heavy atom. The van der Waals surface area contributed by atoms with E-state index in [-0.39, 0.29) is 11.9 Å². The molecule has 3 rings (SSSR count). The van der Waals surface area contributed by atoms with Crippen molar-refractivity contribution in [3.63, 3.8) is 0 Å². The number of hydrogen-bond donors (Lipinski definition) is 1. The molecular formula is C16H22N6O2. The molecule has 1 unspecified atom stereocenters. The maximum Gasteiger partial charge on any atom is 0.321 e. The highest BCUT2D eigenvalue weighted by Gasteiger charge is 2.30. The van der Waals surface area contributed by atoms with Gasteiger partial charge in [-0.2, -0.15) is 4.98 Å². The van der Waals surface area contributed by atoms with Gasteiger partial charge < -0.3 is 14.7 Å². The Kier molecular flexibility index (Phi) is 4.73. The van der Waals surface area contributed by atoms with Crippen molar-refractivity contribution in [2.75, 3.05) is 18.4 Å².